The van der Waals surface area contributed by atoms with Crippen LogP contribution in [0.5, 0.6) is 0 Å². The van der Waals surface area contributed by atoms with Crippen molar-refractivity contribution < 1.29 is 18.0 Å². The number of hydrogen-bond donors (Lipinski definition) is 3. The predicted octanol–water partition coefficient (Wildman–Crippen LogP) is 2.97. The zero-order chi connectivity index (χ0) is 19.6. The van der Waals surface area contributed by atoms with Gasteiger partial charge >= 0.3 is 0 Å². The van der Waals surface area contributed by atoms with Gasteiger partial charge in [0.2, 0.25) is 5.91 Å². The van der Waals surface area contributed by atoms with Crippen molar-refractivity contribution in [1.29, 1.82) is 0 Å². The van der Waals surface area contributed by atoms with Crippen LogP contribution in [0.4, 0.5) is 5.69 Å². The van der Waals surface area contributed by atoms with Crippen molar-refractivity contribution >= 4 is 50.7 Å². The van der Waals surface area contributed by atoms with Gasteiger partial charge in [0.1, 0.15) is 0 Å². The number of halogens is 2. The molecule has 0 radical (unpaired) electrons. The molecule has 0 heterocycles. The molecule has 2 aromatic carbocycles. The van der Waals surface area contributed by atoms with Crippen molar-refractivity contribution in [3.8, 4) is 0 Å². The number of amides is 2. The van der Waals surface area contributed by atoms with E-state index >= 15 is 0 Å². The molecule has 0 aromatic heterocycles. The first-order chi connectivity index (χ1) is 12.8. The van der Waals surface area contributed by atoms with Gasteiger partial charge in [0.25, 0.3) is 15.9 Å². The summed E-state index contributed by atoms with van der Waals surface area (Å²) in [6.07, 6.45) is 1.66. The van der Waals surface area contributed by atoms with Gasteiger partial charge in [0.15, 0.2) is 0 Å². The van der Waals surface area contributed by atoms with Crippen LogP contribution < -0.4 is 15.6 Å². The van der Waals surface area contributed by atoms with Gasteiger partial charge in [-0.15, -0.1) is 0 Å². The first-order valence-electron chi connectivity index (χ1n) is 7.94. The van der Waals surface area contributed by atoms with E-state index < -0.39 is 15.9 Å². The molecule has 0 saturated heterocycles. The van der Waals surface area contributed by atoms with Crippen molar-refractivity contribution in [2.75, 3.05) is 4.72 Å². The number of carbonyl (C=O) groups excluding carboxylic acids is 2. The summed E-state index contributed by atoms with van der Waals surface area (Å²) in [7, 11) is -3.86. The van der Waals surface area contributed by atoms with Crippen molar-refractivity contribution in [2.45, 2.75) is 17.7 Å². The first kappa shape index (κ1) is 19.5. The summed E-state index contributed by atoms with van der Waals surface area (Å²) >= 11 is 11.6. The number of benzene rings is 2. The van der Waals surface area contributed by atoms with Crippen LogP contribution in [0, 0.1) is 5.92 Å². The lowest BCUT2D eigenvalue weighted by Crippen LogP contribution is -2.42. The number of hydrazine groups is 1. The van der Waals surface area contributed by atoms with Crippen LogP contribution in [-0.4, -0.2) is 20.2 Å². The van der Waals surface area contributed by atoms with E-state index in [0.717, 1.165) is 12.8 Å². The third-order valence-corrected chi connectivity index (χ3v) is 5.97. The number of anilines is 1. The molecule has 142 valence electrons. The Balaban J connectivity index is 1.64. The summed E-state index contributed by atoms with van der Waals surface area (Å²) in [4.78, 5) is 23.5. The summed E-state index contributed by atoms with van der Waals surface area (Å²) in [5.41, 5.74) is 5.21. The van der Waals surface area contributed by atoms with Crippen LogP contribution in [0.25, 0.3) is 0 Å². The molecule has 10 heteroatoms. The molecule has 3 N–H and O–H groups in total. The summed E-state index contributed by atoms with van der Waals surface area (Å²) in [6.45, 7) is 0. The van der Waals surface area contributed by atoms with Crippen molar-refractivity contribution in [3.05, 3.63) is 58.1 Å². The lowest BCUT2D eigenvalue weighted by atomic mass is 10.2. The van der Waals surface area contributed by atoms with Gasteiger partial charge in [-0.1, -0.05) is 23.2 Å². The highest BCUT2D eigenvalue weighted by Gasteiger charge is 2.29. The van der Waals surface area contributed by atoms with Gasteiger partial charge in [0, 0.05) is 17.2 Å². The number of nitrogens with one attached hydrogen (secondary N) is 3. The van der Waals surface area contributed by atoms with Gasteiger partial charge in [0.05, 0.1) is 14.9 Å². The monoisotopic (exact) mass is 427 g/mol. The molecular weight excluding hydrogens is 413 g/mol. The molecule has 0 spiro atoms. The Hall–Kier alpha value is -2.29. The topological polar surface area (TPSA) is 104 Å². The van der Waals surface area contributed by atoms with Crippen molar-refractivity contribution in [3.63, 3.8) is 0 Å². The highest BCUT2D eigenvalue weighted by molar-refractivity contribution is 7.92. The molecule has 0 aliphatic heterocycles. The van der Waals surface area contributed by atoms with E-state index in [1.54, 1.807) is 0 Å². The molecule has 1 aliphatic carbocycles. The van der Waals surface area contributed by atoms with Gasteiger partial charge in [-0.05, 0) is 55.3 Å². The van der Waals surface area contributed by atoms with E-state index in [4.69, 9.17) is 23.2 Å². The van der Waals surface area contributed by atoms with Gasteiger partial charge in [-0.25, -0.2) is 8.42 Å². The standard InChI is InChI=1S/C17H15Cl2N3O4S/c18-14-8-7-13(9-15(14)19)27(25,26)22-12-5-3-11(4-6-12)17(24)21-20-16(23)10-1-2-10/h3-10,22H,1-2H2,(H,20,23)(H,21,24). The SMILES string of the molecule is O=C(NNC(=O)C1CC1)c1ccc(NS(=O)(=O)c2ccc(Cl)c(Cl)c2)cc1. The van der Waals surface area contributed by atoms with Gasteiger partial charge in [-0.2, -0.15) is 0 Å². The fourth-order valence-corrected chi connectivity index (χ4v) is 3.63. The first-order valence-corrected chi connectivity index (χ1v) is 10.2. The highest BCUT2D eigenvalue weighted by Crippen LogP contribution is 2.28. The summed E-state index contributed by atoms with van der Waals surface area (Å²) < 4.78 is 27.2. The molecular formula is C17H15Cl2N3O4S. The Morgan fingerprint density at radius 3 is 2.19 bits per heavy atom. The van der Waals surface area contributed by atoms with Gasteiger partial charge < -0.3 is 0 Å². The molecule has 2 aromatic rings. The predicted molar refractivity (Wildman–Crippen MR) is 102 cm³/mol. The molecule has 1 fully saturated rings. The van der Waals surface area contributed by atoms with E-state index in [1.165, 1.54) is 42.5 Å². The quantitative estimate of drug-likeness (QED) is 0.637. The Kier molecular flexibility index (Phi) is 5.59. The average molecular weight is 428 g/mol. The summed E-state index contributed by atoms with van der Waals surface area (Å²) in [5, 5.41) is 0.375. The maximum Gasteiger partial charge on any atom is 0.269 e. The highest BCUT2D eigenvalue weighted by atomic mass is 35.5. The molecule has 2 amide bonds. The number of carbonyl (C=O) groups is 2. The largest absolute Gasteiger partial charge is 0.280 e. The van der Waals surface area contributed by atoms with Crippen molar-refractivity contribution in [2.24, 2.45) is 5.92 Å². The molecule has 1 aliphatic rings. The summed E-state index contributed by atoms with van der Waals surface area (Å²) in [6, 6.07) is 9.72. The second-order valence-corrected chi connectivity index (χ2v) is 8.47. The Labute approximate surface area is 166 Å². The minimum absolute atomic E-state index is 0.0246. The van der Waals surface area contributed by atoms with E-state index in [-0.39, 0.29) is 38.0 Å². The normalized spacial score (nSPS) is 13.7. The average Bonchev–Trinajstić information content (AvgIpc) is 3.47. The van der Waals surface area contributed by atoms with Crippen LogP contribution in [0.15, 0.2) is 47.4 Å². The number of sulfonamides is 1. The zero-order valence-electron chi connectivity index (χ0n) is 13.8. The minimum atomic E-state index is -3.86. The van der Waals surface area contributed by atoms with Crippen LogP contribution in [0.2, 0.25) is 10.0 Å². The molecule has 0 unspecified atom stereocenters. The maximum absolute atomic E-state index is 12.4. The molecule has 7 nitrogen and oxygen atoms in total. The van der Waals surface area contributed by atoms with Crippen molar-refractivity contribution in [1.82, 2.24) is 10.9 Å². The lowest BCUT2D eigenvalue weighted by molar-refractivity contribution is -0.123. The van der Waals surface area contributed by atoms with Crippen LogP contribution in [0.1, 0.15) is 23.2 Å². The Morgan fingerprint density at radius 1 is 0.926 bits per heavy atom. The molecule has 3 rings (SSSR count). The molecule has 27 heavy (non-hydrogen) atoms. The van der Waals surface area contributed by atoms with E-state index in [1.807, 2.05) is 0 Å². The second kappa shape index (κ2) is 7.75. The number of hydrogen-bond acceptors (Lipinski definition) is 4. The summed E-state index contributed by atoms with van der Waals surface area (Å²) in [5.74, 6) is -0.735. The third kappa shape index (κ3) is 4.91. The van der Waals surface area contributed by atoms with Crippen LogP contribution >= 0.6 is 23.2 Å². The Bertz CT molecular complexity index is 990. The molecule has 0 atom stereocenters. The minimum Gasteiger partial charge on any atom is -0.280 e. The molecule has 1 saturated carbocycles. The Morgan fingerprint density at radius 2 is 1.59 bits per heavy atom. The van der Waals surface area contributed by atoms with E-state index in [9.17, 15) is 18.0 Å². The van der Waals surface area contributed by atoms with E-state index in [0.29, 0.717) is 0 Å². The smallest absolute Gasteiger partial charge is 0.269 e. The number of rotatable bonds is 5. The van der Waals surface area contributed by atoms with Crippen LogP contribution in [-0.2, 0) is 14.8 Å². The van der Waals surface area contributed by atoms with Gasteiger partial charge in [-0.3, -0.25) is 25.2 Å². The fourth-order valence-electron chi connectivity index (χ4n) is 2.19. The maximum atomic E-state index is 12.4. The molecule has 0 bridgehead atoms. The second-order valence-electron chi connectivity index (χ2n) is 5.98. The third-order valence-electron chi connectivity index (χ3n) is 3.85. The zero-order valence-corrected chi connectivity index (χ0v) is 16.2. The lowest BCUT2D eigenvalue weighted by Gasteiger charge is -2.10. The van der Waals surface area contributed by atoms with E-state index in [2.05, 4.69) is 15.6 Å². The fraction of sp³-hybridized carbons (Fsp3) is 0.176. The van der Waals surface area contributed by atoms with Crippen LogP contribution in [0.3, 0.4) is 0 Å².